The monoisotopic (exact) mass is 286 g/mol. The Hall–Kier alpha value is -1.53. The number of halogens is 2. The van der Waals surface area contributed by atoms with Crippen LogP contribution in [-0.4, -0.2) is 38.1 Å². The summed E-state index contributed by atoms with van der Waals surface area (Å²) in [5.41, 5.74) is 6.88. The largest absolute Gasteiger partial charge is 0.374 e. The molecule has 0 saturated carbocycles. The lowest BCUT2D eigenvalue weighted by molar-refractivity contribution is -0.122. The lowest BCUT2D eigenvalue weighted by atomic mass is 10.1. The predicted molar refractivity (Wildman–Crippen MR) is 72.6 cm³/mol. The van der Waals surface area contributed by atoms with E-state index >= 15 is 0 Å². The predicted octanol–water partition coefficient (Wildman–Crippen LogP) is 1.34. The summed E-state index contributed by atoms with van der Waals surface area (Å²) in [4.78, 5) is 11.6. The second-order valence-electron chi connectivity index (χ2n) is 4.39. The van der Waals surface area contributed by atoms with Gasteiger partial charge in [0.05, 0.1) is 12.6 Å². The van der Waals surface area contributed by atoms with Crippen molar-refractivity contribution in [2.24, 2.45) is 5.73 Å². The Morgan fingerprint density at radius 2 is 2.00 bits per heavy atom. The number of hydrogen-bond donors (Lipinski definition) is 2. The van der Waals surface area contributed by atoms with Gasteiger partial charge in [-0.2, -0.15) is 0 Å². The summed E-state index contributed by atoms with van der Waals surface area (Å²) in [6, 6.07) is 9.13. The molecule has 6 heteroatoms. The molecule has 1 aromatic rings. The minimum Gasteiger partial charge on any atom is -0.374 e. The van der Waals surface area contributed by atoms with E-state index in [9.17, 15) is 13.6 Å². The van der Waals surface area contributed by atoms with E-state index < -0.39 is 19.1 Å². The molecule has 0 unspecified atom stereocenters. The number of alkyl halides is 2. The maximum Gasteiger partial charge on any atom is 0.261 e. The Bertz CT molecular complexity index is 388. The van der Waals surface area contributed by atoms with Gasteiger partial charge < -0.3 is 15.8 Å². The molecule has 0 aliphatic rings. The number of carbonyl (C=O) groups is 1. The van der Waals surface area contributed by atoms with E-state index in [-0.39, 0.29) is 19.1 Å². The number of nitrogens with one attached hydrogen (secondary N) is 1. The molecule has 0 heterocycles. The molecule has 1 amide bonds. The van der Waals surface area contributed by atoms with E-state index in [4.69, 9.17) is 5.73 Å². The van der Waals surface area contributed by atoms with E-state index in [0.717, 1.165) is 12.0 Å². The molecular weight excluding hydrogens is 266 g/mol. The highest BCUT2D eigenvalue weighted by Gasteiger charge is 2.12. The smallest absolute Gasteiger partial charge is 0.261 e. The first-order valence-electron chi connectivity index (χ1n) is 6.52. The van der Waals surface area contributed by atoms with Gasteiger partial charge in [-0.25, -0.2) is 8.78 Å². The first-order chi connectivity index (χ1) is 9.59. The van der Waals surface area contributed by atoms with E-state index in [1.807, 2.05) is 30.3 Å². The molecule has 3 N–H and O–H groups in total. The molecule has 0 aliphatic carbocycles. The molecule has 112 valence electrons. The lowest BCUT2D eigenvalue weighted by Crippen LogP contribution is -2.42. The van der Waals surface area contributed by atoms with Crippen LogP contribution in [0.15, 0.2) is 30.3 Å². The van der Waals surface area contributed by atoms with Crippen molar-refractivity contribution >= 4 is 5.91 Å². The Labute approximate surface area is 117 Å². The van der Waals surface area contributed by atoms with E-state index in [1.165, 1.54) is 0 Å². The minimum atomic E-state index is -2.49. The number of rotatable bonds is 9. The average molecular weight is 286 g/mol. The third-order valence-electron chi connectivity index (χ3n) is 2.71. The van der Waals surface area contributed by atoms with Crippen molar-refractivity contribution in [3.63, 3.8) is 0 Å². The van der Waals surface area contributed by atoms with Crippen LogP contribution < -0.4 is 11.1 Å². The van der Waals surface area contributed by atoms with Gasteiger partial charge in [0.15, 0.2) is 0 Å². The van der Waals surface area contributed by atoms with Gasteiger partial charge in [0.2, 0.25) is 5.91 Å². The number of hydrogen-bond acceptors (Lipinski definition) is 3. The topological polar surface area (TPSA) is 64.4 Å². The van der Waals surface area contributed by atoms with Gasteiger partial charge in [-0.15, -0.1) is 0 Å². The van der Waals surface area contributed by atoms with Crippen molar-refractivity contribution in [2.45, 2.75) is 25.3 Å². The number of ether oxygens (including phenoxy) is 1. The number of benzene rings is 1. The zero-order valence-electron chi connectivity index (χ0n) is 11.2. The molecule has 1 atom stereocenters. The fraction of sp³-hybridized carbons (Fsp3) is 0.500. The van der Waals surface area contributed by atoms with Crippen LogP contribution in [0.25, 0.3) is 0 Å². The van der Waals surface area contributed by atoms with E-state index in [2.05, 4.69) is 10.1 Å². The summed E-state index contributed by atoms with van der Waals surface area (Å²) < 4.78 is 28.2. The highest BCUT2D eigenvalue weighted by atomic mass is 19.3. The Morgan fingerprint density at radius 3 is 2.65 bits per heavy atom. The van der Waals surface area contributed by atoms with Gasteiger partial charge in [0.25, 0.3) is 6.43 Å². The van der Waals surface area contributed by atoms with Gasteiger partial charge in [0, 0.05) is 6.54 Å². The Morgan fingerprint density at radius 1 is 1.30 bits per heavy atom. The van der Waals surface area contributed by atoms with Gasteiger partial charge >= 0.3 is 0 Å². The van der Waals surface area contributed by atoms with Crippen LogP contribution in [0.1, 0.15) is 12.0 Å². The van der Waals surface area contributed by atoms with Crippen molar-refractivity contribution in [3.8, 4) is 0 Å². The van der Waals surface area contributed by atoms with E-state index in [1.54, 1.807) is 0 Å². The third-order valence-corrected chi connectivity index (χ3v) is 2.71. The summed E-state index contributed by atoms with van der Waals surface area (Å²) in [5, 5.41) is 2.56. The van der Waals surface area contributed by atoms with Gasteiger partial charge in [0.1, 0.15) is 6.61 Å². The summed E-state index contributed by atoms with van der Waals surface area (Å²) in [6.07, 6.45) is -1.23. The van der Waals surface area contributed by atoms with Crippen LogP contribution >= 0.6 is 0 Å². The molecule has 1 rings (SSSR count). The molecule has 0 fully saturated rings. The molecule has 0 aromatic heterocycles. The fourth-order valence-corrected chi connectivity index (χ4v) is 1.65. The molecule has 0 aliphatic heterocycles. The fourth-order valence-electron chi connectivity index (χ4n) is 1.65. The van der Waals surface area contributed by atoms with Crippen LogP contribution in [-0.2, 0) is 16.0 Å². The van der Waals surface area contributed by atoms with Crippen LogP contribution in [0.5, 0.6) is 0 Å². The van der Waals surface area contributed by atoms with Gasteiger partial charge in [-0.3, -0.25) is 4.79 Å². The van der Waals surface area contributed by atoms with Crippen molar-refractivity contribution < 1.29 is 18.3 Å². The molecule has 20 heavy (non-hydrogen) atoms. The quantitative estimate of drug-likeness (QED) is 0.673. The molecular formula is C14H20F2N2O2. The third kappa shape index (κ3) is 7.16. The second kappa shape index (κ2) is 9.39. The molecule has 0 spiro atoms. The number of nitrogens with two attached hydrogens (primary N) is 1. The Balaban J connectivity index is 2.13. The lowest BCUT2D eigenvalue weighted by Gasteiger charge is -2.12. The highest BCUT2D eigenvalue weighted by molar-refractivity contribution is 5.81. The molecule has 0 radical (unpaired) electrons. The SMILES string of the molecule is N[C@@H](CCc1ccccc1)C(=O)NCCOCC(F)F. The minimum absolute atomic E-state index is 0.0570. The molecule has 4 nitrogen and oxygen atoms in total. The second-order valence-corrected chi connectivity index (χ2v) is 4.39. The molecule has 0 bridgehead atoms. The molecule has 0 saturated heterocycles. The zero-order valence-corrected chi connectivity index (χ0v) is 11.2. The summed E-state index contributed by atoms with van der Waals surface area (Å²) in [5.74, 6) is -0.290. The standard InChI is InChI=1S/C14H20F2N2O2/c15-13(16)10-20-9-8-18-14(19)12(17)7-6-11-4-2-1-3-5-11/h1-5,12-13H,6-10,17H2,(H,18,19)/t12-/m0/s1. The average Bonchev–Trinajstić information content (AvgIpc) is 2.45. The maximum atomic E-state index is 11.8. The van der Waals surface area contributed by atoms with Crippen molar-refractivity contribution in [1.82, 2.24) is 5.32 Å². The molecule has 1 aromatic carbocycles. The van der Waals surface area contributed by atoms with Crippen molar-refractivity contribution in [2.75, 3.05) is 19.8 Å². The van der Waals surface area contributed by atoms with Crippen LogP contribution in [0.2, 0.25) is 0 Å². The zero-order chi connectivity index (χ0) is 14.8. The number of carbonyl (C=O) groups excluding carboxylic acids is 1. The van der Waals surface area contributed by atoms with Crippen molar-refractivity contribution in [3.05, 3.63) is 35.9 Å². The van der Waals surface area contributed by atoms with Crippen LogP contribution in [0.3, 0.4) is 0 Å². The summed E-state index contributed by atoms with van der Waals surface area (Å²) in [7, 11) is 0. The van der Waals surface area contributed by atoms with Gasteiger partial charge in [-0.05, 0) is 18.4 Å². The van der Waals surface area contributed by atoms with Gasteiger partial charge in [-0.1, -0.05) is 30.3 Å². The number of aryl methyl sites for hydroxylation is 1. The maximum absolute atomic E-state index is 11.8. The summed E-state index contributed by atoms with van der Waals surface area (Å²) in [6.45, 7) is -0.373. The first-order valence-corrected chi connectivity index (χ1v) is 6.52. The van der Waals surface area contributed by atoms with Crippen LogP contribution in [0.4, 0.5) is 8.78 Å². The Kier molecular flexibility index (Phi) is 7.75. The highest BCUT2D eigenvalue weighted by Crippen LogP contribution is 2.04. The normalized spacial score (nSPS) is 12.4. The van der Waals surface area contributed by atoms with Crippen molar-refractivity contribution in [1.29, 1.82) is 0 Å². The first kappa shape index (κ1) is 16.5. The number of amides is 1. The van der Waals surface area contributed by atoms with Crippen LogP contribution in [0, 0.1) is 0 Å². The summed E-state index contributed by atoms with van der Waals surface area (Å²) >= 11 is 0. The van der Waals surface area contributed by atoms with E-state index in [0.29, 0.717) is 6.42 Å².